The van der Waals surface area contributed by atoms with E-state index in [1.807, 2.05) is 13.8 Å². The topological polar surface area (TPSA) is 65.0 Å². The van der Waals surface area contributed by atoms with E-state index in [9.17, 15) is 4.79 Å². The number of rotatable bonds is 8. The van der Waals surface area contributed by atoms with E-state index in [1.54, 1.807) is 13.8 Å². The standard InChI is InChI=1S/C7H14O3.C6H14O2/c1-4-9-5-6(2)10-7(3)8;1-3-4-8-5-6(2)7/h6H,4-5H2,1-3H3;6-7H,3-5H2,1-2H3. The van der Waals surface area contributed by atoms with Crippen molar-refractivity contribution in [2.24, 2.45) is 0 Å². The van der Waals surface area contributed by atoms with Crippen molar-refractivity contribution in [3.05, 3.63) is 0 Å². The number of hydrogen-bond acceptors (Lipinski definition) is 5. The van der Waals surface area contributed by atoms with Crippen LogP contribution in [0.1, 0.15) is 41.0 Å². The zero-order chi connectivity index (χ0) is 14.4. The second-order valence-electron chi connectivity index (χ2n) is 4.00. The van der Waals surface area contributed by atoms with Crippen LogP contribution in [-0.2, 0) is 19.0 Å². The minimum atomic E-state index is -0.318. The molecule has 0 aliphatic carbocycles. The van der Waals surface area contributed by atoms with Gasteiger partial charge in [0.25, 0.3) is 0 Å². The maximum absolute atomic E-state index is 10.3. The molecule has 110 valence electrons. The Bertz CT molecular complexity index is 182. The lowest BCUT2D eigenvalue weighted by molar-refractivity contribution is -0.148. The van der Waals surface area contributed by atoms with Gasteiger partial charge in [-0.1, -0.05) is 6.92 Å². The van der Waals surface area contributed by atoms with Crippen molar-refractivity contribution < 1.29 is 24.1 Å². The Labute approximate surface area is 110 Å². The summed E-state index contributed by atoms with van der Waals surface area (Å²) in [6.45, 7) is 11.2. The molecule has 0 amide bonds. The molecule has 0 aliphatic rings. The largest absolute Gasteiger partial charge is 0.460 e. The molecule has 0 heterocycles. The van der Waals surface area contributed by atoms with E-state index >= 15 is 0 Å². The van der Waals surface area contributed by atoms with E-state index in [0.29, 0.717) is 19.8 Å². The highest BCUT2D eigenvalue weighted by atomic mass is 16.6. The first kappa shape index (κ1) is 19.7. The highest BCUT2D eigenvalue weighted by Gasteiger charge is 2.03. The number of ether oxygens (including phenoxy) is 3. The summed E-state index contributed by atoms with van der Waals surface area (Å²) in [6.07, 6.45) is 0.575. The van der Waals surface area contributed by atoms with Gasteiger partial charge >= 0.3 is 5.97 Å². The average molecular weight is 264 g/mol. The van der Waals surface area contributed by atoms with Gasteiger partial charge in [-0.05, 0) is 27.2 Å². The summed E-state index contributed by atoms with van der Waals surface area (Å²) < 4.78 is 14.8. The molecule has 0 saturated heterocycles. The number of carbonyl (C=O) groups excluding carboxylic acids is 1. The SMILES string of the molecule is CCCOCC(C)O.CCOCC(C)OC(C)=O. The molecular weight excluding hydrogens is 236 g/mol. The van der Waals surface area contributed by atoms with Crippen LogP contribution in [0.15, 0.2) is 0 Å². The van der Waals surface area contributed by atoms with Crippen molar-refractivity contribution in [3.63, 3.8) is 0 Å². The fourth-order valence-electron chi connectivity index (χ4n) is 0.999. The Morgan fingerprint density at radius 1 is 1.17 bits per heavy atom. The highest BCUT2D eigenvalue weighted by molar-refractivity contribution is 5.66. The molecule has 0 saturated carbocycles. The minimum absolute atomic E-state index is 0.127. The monoisotopic (exact) mass is 264 g/mol. The van der Waals surface area contributed by atoms with Gasteiger partial charge in [0.1, 0.15) is 6.10 Å². The molecule has 2 unspecified atom stereocenters. The molecule has 5 nitrogen and oxygen atoms in total. The van der Waals surface area contributed by atoms with Gasteiger partial charge in [0.15, 0.2) is 0 Å². The number of aliphatic hydroxyl groups excluding tert-OH is 1. The lowest BCUT2D eigenvalue weighted by atomic mass is 10.4. The minimum Gasteiger partial charge on any atom is -0.460 e. The van der Waals surface area contributed by atoms with Crippen molar-refractivity contribution in [2.75, 3.05) is 26.4 Å². The summed E-state index contributed by atoms with van der Waals surface area (Å²) >= 11 is 0. The van der Waals surface area contributed by atoms with Crippen LogP contribution in [0, 0.1) is 0 Å². The second-order valence-corrected chi connectivity index (χ2v) is 4.00. The summed E-state index contributed by atoms with van der Waals surface area (Å²) in [5.41, 5.74) is 0. The van der Waals surface area contributed by atoms with Gasteiger partial charge < -0.3 is 19.3 Å². The first-order valence-electron chi connectivity index (χ1n) is 6.44. The molecule has 0 bridgehead atoms. The number of esters is 1. The summed E-state index contributed by atoms with van der Waals surface area (Å²) in [5.74, 6) is -0.257. The van der Waals surface area contributed by atoms with E-state index in [4.69, 9.17) is 19.3 Å². The lowest BCUT2D eigenvalue weighted by Gasteiger charge is -2.10. The second kappa shape index (κ2) is 14.4. The van der Waals surface area contributed by atoms with Crippen LogP contribution in [0.3, 0.4) is 0 Å². The Morgan fingerprint density at radius 2 is 1.78 bits per heavy atom. The maximum atomic E-state index is 10.3. The molecule has 0 fully saturated rings. The van der Waals surface area contributed by atoms with Gasteiger partial charge in [-0.25, -0.2) is 0 Å². The molecule has 1 N–H and O–H groups in total. The van der Waals surface area contributed by atoms with Crippen molar-refractivity contribution in [2.45, 2.75) is 53.2 Å². The molecular formula is C13H28O5. The first-order valence-corrected chi connectivity index (χ1v) is 6.44. The molecule has 0 aromatic carbocycles. The predicted molar refractivity (Wildman–Crippen MR) is 70.5 cm³/mol. The van der Waals surface area contributed by atoms with E-state index in [2.05, 4.69) is 0 Å². The number of carbonyl (C=O) groups is 1. The molecule has 0 spiro atoms. The molecule has 18 heavy (non-hydrogen) atoms. The van der Waals surface area contributed by atoms with Gasteiger partial charge in [0.2, 0.25) is 0 Å². The van der Waals surface area contributed by atoms with Crippen molar-refractivity contribution >= 4 is 5.97 Å². The van der Waals surface area contributed by atoms with E-state index in [0.717, 1.165) is 13.0 Å². The van der Waals surface area contributed by atoms with Crippen LogP contribution in [0.5, 0.6) is 0 Å². The Balaban J connectivity index is 0. The van der Waals surface area contributed by atoms with Crippen LogP contribution < -0.4 is 0 Å². The van der Waals surface area contributed by atoms with E-state index < -0.39 is 0 Å². The van der Waals surface area contributed by atoms with Gasteiger partial charge in [0, 0.05) is 20.1 Å². The van der Waals surface area contributed by atoms with Crippen molar-refractivity contribution in [3.8, 4) is 0 Å². The molecule has 0 aliphatic heterocycles. The van der Waals surface area contributed by atoms with Crippen LogP contribution >= 0.6 is 0 Å². The summed E-state index contributed by atoms with van der Waals surface area (Å²) in [7, 11) is 0. The van der Waals surface area contributed by atoms with Gasteiger partial charge in [0.05, 0.1) is 19.3 Å². The molecule has 0 aromatic heterocycles. The van der Waals surface area contributed by atoms with E-state index in [1.165, 1.54) is 6.92 Å². The molecule has 5 heteroatoms. The Kier molecular flexibility index (Phi) is 15.8. The van der Waals surface area contributed by atoms with Crippen molar-refractivity contribution in [1.82, 2.24) is 0 Å². The third-order valence-electron chi connectivity index (χ3n) is 1.63. The van der Waals surface area contributed by atoms with Gasteiger partial charge in [-0.15, -0.1) is 0 Å². The summed E-state index contributed by atoms with van der Waals surface area (Å²) in [5, 5.41) is 8.65. The first-order chi connectivity index (χ1) is 8.43. The fraction of sp³-hybridized carbons (Fsp3) is 0.923. The molecule has 0 radical (unpaired) electrons. The van der Waals surface area contributed by atoms with Gasteiger partial charge in [-0.2, -0.15) is 0 Å². The highest BCUT2D eigenvalue weighted by Crippen LogP contribution is 1.91. The van der Waals surface area contributed by atoms with Crippen molar-refractivity contribution in [1.29, 1.82) is 0 Å². The molecule has 0 aromatic rings. The molecule has 0 rings (SSSR count). The zero-order valence-electron chi connectivity index (χ0n) is 12.3. The van der Waals surface area contributed by atoms with Gasteiger partial charge in [-0.3, -0.25) is 4.79 Å². The lowest BCUT2D eigenvalue weighted by Crippen LogP contribution is -2.18. The summed E-state index contributed by atoms with van der Waals surface area (Å²) in [6, 6.07) is 0. The normalized spacial score (nSPS) is 13.2. The van der Waals surface area contributed by atoms with Crippen LogP contribution in [0.2, 0.25) is 0 Å². The maximum Gasteiger partial charge on any atom is 0.302 e. The van der Waals surface area contributed by atoms with Crippen LogP contribution in [-0.4, -0.2) is 49.7 Å². The van der Waals surface area contributed by atoms with Crippen LogP contribution in [0.25, 0.3) is 0 Å². The third kappa shape index (κ3) is 20.7. The van der Waals surface area contributed by atoms with Crippen LogP contribution in [0.4, 0.5) is 0 Å². The predicted octanol–water partition coefficient (Wildman–Crippen LogP) is 1.77. The smallest absolute Gasteiger partial charge is 0.302 e. The number of aliphatic hydroxyl groups is 1. The third-order valence-corrected chi connectivity index (χ3v) is 1.63. The summed E-state index contributed by atoms with van der Waals surface area (Å²) in [4.78, 5) is 10.3. The quantitative estimate of drug-likeness (QED) is 0.534. The van der Waals surface area contributed by atoms with E-state index in [-0.39, 0.29) is 18.2 Å². The Hall–Kier alpha value is -0.650. The Morgan fingerprint density at radius 3 is 2.17 bits per heavy atom. The number of hydrogen-bond donors (Lipinski definition) is 1. The average Bonchev–Trinajstić information content (AvgIpc) is 2.26. The zero-order valence-corrected chi connectivity index (χ0v) is 12.3. The fourth-order valence-corrected chi connectivity index (χ4v) is 0.999. The molecule has 2 atom stereocenters.